The van der Waals surface area contributed by atoms with Crippen molar-refractivity contribution in [3.05, 3.63) is 59.7 Å². The highest BCUT2D eigenvalue weighted by atomic mass is 16.4. The summed E-state index contributed by atoms with van der Waals surface area (Å²) in [7, 11) is 0. The molecule has 0 amide bonds. The van der Waals surface area contributed by atoms with Crippen LogP contribution in [0.15, 0.2) is 48.5 Å². The van der Waals surface area contributed by atoms with Gasteiger partial charge in [-0.05, 0) is 52.1 Å². The molecule has 3 aromatic carbocycles. The third kappa shape index (κ3) is 3.43. The van der Waals surface area contributed by atoms with Crippen molar-refractivity contribution in [1.29, 1.82) is 0 Å². The van der Waals surface area contributed by atoms with Gasteiger partial charge in [0.2, 0.25) is 0 Å². The Morgan fingerprint density at radius 1 is 0.875 bits per heavy atom. The molecule has 0 bridgehead atoms. The number of aromatic carboxylic acids is 1. The van der Waals surface area contributed by atoms with Gasteiger partial charge in [-0.2, -0.15) is 0 Å². The van der Waals surface area contributed by atoms with Gasteiger partial charge in [-0.15, -0.1) is 0 Å². The van der Waals surface area contributed by atoms with Gasteiger partial charge in [0.1, 0.15) is 0 Å². The molecule has 0 heterocycles. The van der Waals surface area contributed by atoms with Crippen molar-refractivity contribution >= 4 is 27.5 Å². The Hall–Kier alpha value is -2.35. The van der Waals surface area contributed by atoms with Crippen LogP contribution in [0.25, 0.3) is 21.5 Å². The Labute approximate surface area is 143 Å². The lowest BCUT2D eigenvalue weighted by molar-refractivity contribution is 0.0697. The predicted molar refractivity (Wildman–Crippen MR) is 101 cm³/mol. The molecule has 0 saturated heterocycles. The summed E-state index contributed by atoms with van der Waals surface area (Å²) in [4.78, 5) is 11.3. The van der Waals surface area contributed by atoms with Crippen LogP contribution in [0.3, 0.4) is 0 Å². The summed E-state index contributed by atoms with van der Waals surface area (Å²) >= 11 is 0. The Bertz CT molecular complexity index is 864. The molecule has 0 aliphatic heterocycles. The average molecular weight is 320 g/mol. The monoisotopic (exact) mass is 320 g/mol. The van der Waals surface area contributed by atoms with Crippen LogP contribution in [0, 0.1) is 0 Å². The summed E-state index contributed by atoms with van der Waals surface area (Å²) in [6, 6.07) is 16.0. The molecule has 24 heavy (non-hydrogen) atoms. The van der Waals surface area contributed by atoms with E-state index in [4.69, 9.17) is 0 Å². The standard InChI is InChI=1S/C22H24O2/c1-2-3-4-5-6-9-16-14-17-12-13-18(22(23)24)15-21(17)20-11-8-7-10-19(16)20/h7-8,10-15H,2-6,9H2,1H3,(H,23,24). The maximum Gasteiger partial charge on any atom is 0.335 e. The van der Waals surface area contributed by atoms with Gasteiger partial charge >= 0.3 is 5.97 Å². The number of carboxylic acids is 1. The van der Waals surface area contributed by atoms with Crippen molar-refractivity contribution in [3.8, 4) is 0 Å². The first-order chi connectivity index (χ1) is 11.7. The molecule has 0 aromatic heterocycles. The second-order valence-corrected chi connectivity index (χ2v) is 6.49. The number of aryl methyl sites for hydroxylation is 1. The van der Waals surface area contributed by atoms with E-state index in [0.29, 0.717) is 5.56 Å². The molecule has 0 unspecified atom stereocenters. The SMILES string of the molecule is CCCCCCCc1cc2ccc(C(=O)O)cc2c2ccccc12. The van der Waals surface area contributed by atoms with Crippen molar-refractivity contribution in [2.24, 2.45) is 0 Å². The first-order valence-electron chi connectivity index (χ1n) is 8.88. The Balaban J connectivity index is 2.00. The molecule has 0 saturated carbocycles. The number of unbranched alkanes of at least 4 members (excludes halogenated alkanes) is 4. The van der Waals surface area contributed by atoms with E-state index in [2.05, 4.69) is 31.2 Å². The van der Waals surface area contributed by atoms with Gasteiger partial charge in [0, 0.05) is 0 Å². The smallest absolute Gasteiger partial charge is 0.335 e. The Morgan fingerprint density at radius 2 is 1.62 bits per heavy atom. The predicted octanol–water partition coefficient (Wildman–Crippen LogP) is 6.20. The fourth-order valence-electron chi connectivity index (χ4n) is 3.44. The topological polar surface area (TPSA) is 37.3 Å². The minimum absolute atomic E-state index is 0.347. The number of carbonyl (C=O) groups is 1. The fourth-order valence-corrected chi connectivity index (χ4v) is 3.44. The lowest BCUT2D eigenvalue weighted by Gasteiger charge is -2.11. The van der Waals surface area contributed by atoms with E-state index in [9.17, 15) is 9.90 Å². The van der Waals surface area contributed by atoms with Gasteiger partial charge in [-0.1, -0.05) is 69.0 Å². The molecule has 0 fully saturated rings. The zero-order valence-electron chi connectivity index (χ0n) is 14.2. The normalized spacial score (nSPS) is 11.2. The third-order valence-electron chi connectivity index (χ3n) is 4.74. The summed E-state index contributed by atoms with van der Waals surface area (Å²) < 4.78 is 0. The van der Waals surface area contributed by atoms with Crippen LogP contribution in [0.4, 0.5) is 0 Å². The molecular weight excluding hydrogens is 296 g/mol. The molecule has 0 aliphatic rings. The number of hydrogen-bond acceptors (Lipinski definition) is 1. The average Bonchev–Trinajstić information content (AvgIpc) is 2.61. The highest BCUT2D eigenvalue weighted by molar-refractivity contribution is 6.10. The van der Waals surface area contributed by atoms with Crippen LogP contribution in [0.2, 0.25) is 0 Å². The maximum atomic E-state index is 11.3. The molecule has 1 N–H and O–H groups in total. The minimum Gasteiger partial charge on any atom is -0.478 e. The molecule has 3 rings (SSSR count). The number of hydrogen-bond donors (Lipinski definition) is 1. The molecule has 0 spiro atoms. The molecular formula is C22H24O2. The van der Waals surface area contributed by atoms with Gasteiger partial charge in [0.15, 0.2) is 0 Å². The number of fused-ring (bicyclic) bond motifs is 3. The Morgan fingerprint density at radius 3 is 2.38 bits per heavy atom. The molecule has 2 nitrogen and oxygen atoms in total. The zero-order chi connectivity index (χ0) is 16.9. The molecule has 0 radical (unpaired) electrons. The quantitative estimate of drug-likeness (QED) is 0.415. The van der Waals surface area contributed by atoms with Crippen LogP contribution in [-0.4, -0.2) is 11.1 Å². The fraction of sp³-hybridized carbons (Fsp3) is 0.318. The van der Waals surface area contributed by atoms with Crippen molar-refractivity contribution in [3.63, 3.8) is 0 Å². The summed E-state index contributed by atoms with van der Waals surface area (Å²) in [5, 5.41) is 13.8. The Kier molecular flexibility index (Phi) is 5.14. The largest absolute Gasteiger partial charge is 0.478 e. The lowest BCUT2D eigenvalue weighted by Crippen LogP contribution is -1.96. The van der Waals surface area contributed by atoms with E-state index in [-0.39, 0.29) is 0 Å². The van der Waals surface area contributed by atoms with E-state index < -0.39 is 5.97 Å². The van der Waals surface area contributed by atoms with Crippen molar-refractivity contribution in [1.82, 2.24) is 0 Å². The number of carboxylic acid groups (broad SMARTS) is 1. The van der Waals surface area contributed by atoms with E-state index >= 15 is 0 Å². The first kappa shape index (κ1) is 16.5. The lowest BCUT2D eigenvalue weighted by atomic mass is 9.93. The highest BCUT2D eigenvalue weighted by Crippen LogP contribution is 2.30. The number of rotatable bonds is 7. The summed E-state index contributed by atoms with van der Waals surface area (Å²) in [6.45, 7) is 2.24. The van der Waals surface area contributed by atoms with Crippen molar-refractivity contribution in [2.75, 3.05) is 0 Å². The van der Waals surface area contributed by atoms with E-state index in [1.165, 1.54) is 43.1 Å². The summed E-state index contributed by atoms with van der Waals surface area (Å²) in [5.41, 5.74) is 1.72. The molecule has 2 heteroatoms. The summed E-state index contributed by atoms with van der Waals surface area (Å²) in [6.07, 6.45) is 7.47. The van der Waals surface area contributed by atoms with Crippen molar-refractivity contribution in [2.45, 2.75) is 45.4 Å². The van der Waals surface area contributed by atoms with Gasteiger partial charge < -0.3 is 5.11 Å². The second-order valence-electron chi connectivity index (χ2n) is 6.49. The van der Waals surface area contributed by atoms with Gasteiger partial charge in [0.05, 0.1) is 5.56 Å². The van der Waals surface area contributed by atoms with Crippen LogP contribution < -0.4 is 0 Å². The highest BCUT2D eigenvalue weighted by Gasteiger charge is 2.09. The summed E-state index contributed by atoms with van der Waals surface area (Å²) in [5.74, 6) is -0.874. The van der Waals surface area contributed by atoms with E-state index in [0.717, 1.165) is 22.6 Å². The zero-order valence-corrected chi connectivity index (χ0v) is 14.2. The van der Waals surface area contributed by atoms with Gasteiger partial charge in [-0.25, -0.2) is 4.79 Å². The molecule has 0 aliphatic carbocycles. The first-order valence-corrected chi connectivity index (χ1v) is 8.88. The third-order valence-corrected chi connectivity index (χ3v) is 4.74. The molecule has 0 atom stereocenters. The van der Waals surface area contributed by atoms with Crippen LogP contribution in [-0.2, 0) is 6.42 Å². The van der Waals surface area contributed by atoms with E-state index in [1.54, 1.807) is 12.1 Å². The van der Waals surface area contributed by atoms with E-state index in [1.807, 2.05) is 12.1 Å². The van der Waals surface area contributed by atoms with Gasteiger partial charge in [-0.3, -0.25) is 0 Å². The number of benzene rings is 3. The van der Waals surface area contributed by atoms with Crippen LogP contribution in [0.5, 0.6) is 0 Å². The second kappa shape index (κ2) is 7.48. The van der Waals surface area contributed by atoms with Crippen LogP contribution in [0.1, 0.15) is 54.9 Å². The van der Waals surface area contributed by atoms with Crippen molar-refractivity contribution < 1.29 is 9.90 Å². The molecule has 124 valence electrons. The van der Waals surface area contributed by atoms with Gasteiger partial charge in [0.25, 0.3) is 0 Å². The minimum atomic E-state index is -0.874. The maximum absolute atomic E-state index is 11.3. The molecule has 3 aromatic rings. The van der Waals surface area contributed by atoms with Crippen LogP contribution >= 0.6 is 0 Å².